The molecule has 1 N–H and O–H groups in total. The molecular formula is C17H16ClN5O. The number of rotatable bonds is 4. The van der Waals surface area contributed by atoms with Crippen LogP contribution < -0.4 is 5.32 Å². The number of aryl methyl sites for hydroxylation is 1. The van der Waals surface area contributed by atoms with Gasteiger partial charge >= 0.3 is 0 Å². The number of benzene rings is 1. The van der Waals surface area contributed by atoms with Gasteiger partial charge in [-0.05, 0) is 24.3 Å². The molecule has 0 aliphatic rings. The fourth-order valence-corrected chi connectivity index (χ4v) is 2.57. The molecule has 0 fully saturated rings. The highest BCUT2D eigenvalue weighted by Gasteiger charge is 2.14. The number of imidazole rings is 1. The maximum absolute atomic E-state index is 12.0. The molecule has 1 amide bonds. The zero-order valence-electron chi connectivity index (χ0n) is 13.3. The van der Waals surface area contributed by atoms with Crippen molar-refractivity contribution in [3.05, 3.63) is 59.3 Å². The van der Waals surface area contributed by atoms with Gasteiger partial charge in [0.1, 0.15) is 11.5 Å². The number of carbonyl (C=O) groups is 1. The van der Waals surface area contributed by atoms with Crippen LogP contribution in [0.25, 0.3) is 17.2 Å². The number of amides is 1. The van der Waals surface area contributed by atoms with E-state index in [0.29, 0.717) is 16.4 Å². The summed E-state index contributed by atoms with van der Waals surface area (Å²) in [6.45, 7) is 2.00. The van der Waals surface area contributed by atoms with Crippen molar-refractivity contribution in [1.29, 1.82) is 0 Å². The Bertz CT molecular complexity index is 890. The lowest BCUT2D eigenvalue weighted by Crippen LogP contribution is -2.18. The monoisotopic (exact) mass is 341 g/mol. The molecular weight excluding hydrogens is 326 g/mol. The minimum atomic E-state index is -0.237. The first-order chi connectivity index (χ1) is 11.6. The molecule has 0 saturated carbocycles. The van der Waals surface area contributed by atoms with Crippen LogP contribution in [0.3, 0.4) is 0 Å². The van der Waals surface area contributed by atoms with Gasteiger partial charge in [-0.15, -0.1) is 0 Å². The molecule has 3 rings (SSSR count). The van der Waals surface area contributed by atoms with E-state index in [0.717, 1.165) is 23.6 Å². The van der Waals surface area contributed by atoms with E-state index in [1.54, 1.807) is 31.6 Å². The van der Waals surface area contributed by atoms with Crippen molar-refractivity contribution in [3.8, 4) is 17.2 Å². The second-order valence-corrected chi connectivity index (χ2v) is 5.48. The predicted octanol–water partition coefficient (Wildman–Crippen LogP) is 2.90. The lowest BCUT2D eigenvalue weighted by molar-refractivity contribution is 0.0963. The van der Waals surface area contributed by atoms with Crippen molar-refractivity contribution in [2.24, 2.45) is 0 Å². The van der Waals surface area contributed by atoms with Gasteiger partial charge in [-0.2, -0.15) is 0 Å². The third kappa shape index (κ3) is 3.00. The van der Waals surface area contributed by atoms with E-state index in [2.05, 4.69) is 20.3 Å². The van der Waals surface area contributed by atoms with Crippen LogP contribution in [-0.2, 0) is 6.42 Å². The van der Waals surface area contributed by atoms with Crippen molar-refractivity contribution in [2.75, 3.05) is 7.05 Å². The third-order valence-electron chi connectivity index (χ3n) is 3.59. The van der Waals surface area contributed by atoms with E-state index in [1.807, 2.05) is 29.8 Å². The first-order valence-corrected chi connectivity index (χ1v) is 7.89. The molecule has 0 atom stereocenters. The van der Waals surface area contributed by atoms with Gasteiger partial charge in [0, 0.05) is 37.7 Å². The van der Waals surface area contributed by atoms with E-state index in [-0.39, 0.29) is 5.91 Å². The number of carbonyl (C=O) groups excluding carboxylic acids is 1. The summed E-state index contributed by atoms with van der Waals surface area (Å²) in [7, 11) is 1.57. The van der Waals surface area contributed by atoms with Crippen LogP contribution in [0.4, 0.5) is 0 Å². The van der Waals surface area contributed by atoms with Crippen LogP contribution in [0.1, 0.15) is 23.1 Å². The van der Waals surface area contributed by atoms with E-state index in [1.165, 1.54) is 0 Å². The highest BCUT2D eigenvalue weighted by molar-refractivity contribution is 6.33. The Balaban J connectivity index is 2.09. The fraction of sp³-hybridized carbons (Fsp3) is 0.176. The highest BCUT2D eigenvalue weighted by Crippen LogP contribution is 2.24. The summed E-state index contributed by atoms with van der Waals surface area (Å²) >= 11 is 6.12. The normalized spacial score (nSPS) is 10.6. The summed E-state index contributed by atoms with van der Waals surface area (Å²) in [5.74, 6) is 1.19. The van der Waals surface area contributed by atoms with Crippen LogP contribution in [0, 0.1) is 0 Å². The molecule has 0 unspecified atom stereocenters. The van der Waals surface area contributed by atoms with Crippen LogP contribution in [0.15, 0.2) is 42.9 Å². The largest absolute Gasteiger partial charge is 0.355 e. The van der Waals surface area contributed by atoms with Crippen molar-refractivity contribution in [3.63, 3.8) is 0 Å². The SMILES string of the molecule is CCc1nccc(-c2nccn2-c2ccc(Cl)c(C(=O)NC)c2)n1. The smallest absolute Gasteiger partial charge is 0.252 e. The van der Waals surface area contributed by atoms with Crippen LogP contribution in [-0.4, -0.2) is 32.5 Å². The van der Waals surface area contributed by atoms with Crippen molar-refractivity contribution in [1.82, 2.24) is 24.8 Å². The first-order valence-electron chi connectivity index (χ1n) is 7.51. The van der Waals surface area contributed by atoms with Gasteiger partial charge in [-0.1, -0.05) is 18.5 Å². The first kappa shape index (κ1) is 16.1. The number of aromatic nitrogens is 4. The standard InChI is InChI=1S/C17H16ClN5O/c1-3-15-20-7-6-14(22-15)16-21-8-9-23(16)11-4-5-13(18)12(10-11)17(24)19-2/h4-10H,3H2,1-2H3,(H,19,24). The Morgan fingerprint density at radius 3 is 2.83 bits per heavy atom. The minimum Gasteiger partial charge on any atom is -0.355 e. The molecule has 3 aromatic rings. The molecule has 0 aliphatic heterocycles. The Labute approximate surface area is 144 Å². The summed E-state index contributed by atoms with van der Waals surface area (Å²) < 4.78 is 1.87. The lowest BCUT2D eigenvalue weighted by Gasteiger charge is -2.10. The Hall–Kier alpha value is -2.73. The summed E-state index contributed by atoms with van der Waals surface area (Å²) in [5, 5.41) is 2.99. The number of nitrogens with zero attached hydrogens (tertiary/aromatic N) is 4. The average Bonchev–Trinajstić information content (AvgIpc) is 3.11. The summed E-state index contributed by atoms with van der Waals surface area (Å²) in [4.78, 5) is 25.1. The van der Waals surface area contributed by atoms with Gasteiger partial charge in [0.15, 0.2) is 5.82 Å². The van der Waals surface area contributed by atoms with Gasteiger partial charge in [-0.3, -0.25) is 9.36 Å². The second kappa shape index (κ2) is 6.80. The number of nitrogens with one attached hydrogen (secondary N) is 1. The highest BCUT2D eigenvalue weighted by atomic mass is 35.5. The number of halogens is 1. The molecule has 122 valence electrons. The summed E-state index contributed by atoms with van der Waals surface area (Å²) in [6, 6.07) is 7.08. The molecule has 1 aromatic carbocycles. The zero-order valence-corrected chi connectivity index (χ0v) is 14.1. The molecule has 0 spiro atoms. The third-order valence-corrected chi connectivity index (χ3v) is 3.92. The van der Waals surface area contributed by atoms with Gasteiger partial charge in [0.05, 0.1) is 10.6 Å². The Kier molecular flexibility index (Phi) is 4.57. The molecule has 2 heterocycles. The number of hydrogen-bond acceptors (Lipinski definition) is 4. The van der Waals surface area contributed by atoms with Crippen LogP contribution in [0.2, 0.25) is 5.02 Å². The molecule has 24 heavy (non-hydrogen) atoms. The van der Waals surface area contributed by atoms with Gasteiger partial charge < -0.3 is 5.32 Å². The Morgan fingerprint density at radius 1 is 1.25 bits per heavy atom. The fourth-order valence-electron chi connectivity index (χ4n) is 2.37. The van der Waals surface area contributed by atoms with Gasteiger partial charge in [0.2, 0.25) is 0 Å². The van der Waals surface area contributed by atoms with Crippen molar-refractivity contribution >= 4 is 17.5 Å². The van der Waals surface area contributed by atoms with Crippen molar-refractivity contribution in [2.45, 2.75) is 13.3 Å². The van der Waals surface area contributed by atoms with Gasteiger partial charge in [-0.25, -0.2) is 15.0 Å². The Morgan fingerprint density at radius 2 is 2.08 bits per heavy atom. The predicted molar refractivity (Wildman–Crippen MR) is 92.4 cm³/mol. The molecule has 0 aliphatic carbocycles. The van der Waals surface area contributed by atoms with E-state index in [4.69, 9.17) is 11.6 Å². The molecule has 6 nitrogen and oxygen atoms in total. The van der Waals surface area contributed by atoms with Crippen LogP contribution in [0.5, 0.6) is 0 Å². The maximum Gasteiger partial charge on any atom is 0.252 e. The van der Waals surface area contributed by atoms with Gasteiger partial charge in [0.25, 0.3) is 5.91 Å². The molecule has 0 bridgehead atoms. The van der Waals surface area contributed by atoms with E-state index >= 15 is 0 Å². The zero-order chi connectivity index (χ0) is 17.1. The minimum absolute atomic E-state index is 0.237. The average molecular weight is 342 g/mol. The van der Waals surface area contributed by atoms with E-state index in [9.17, 15) is 4.79 Å². The molecule has 0 saturated heterocycles. The molecule has 7 heteroatoms. The van der Waals surface area contributed by atoms with Crippen LogP contribution >= 0.6 is 11.6 Å². The molecule has 0 radical (unpaired) electrons. The van der Waals surface area contributed by atoms with E-state index < -0.39 is 0 Å². The second-order valence-electron chi connectivity index (χ2n) is 5.08. The maximum atomic E-state index is 12.0. The topological polar surface area (TPSA) is 72.7 Å². The number of hydrogen-bond donors (Lipinski definition) is 1. The quantitative estimate of drug-likeness (QED) is 0.792. The summed E-state index contributed by atoms with van der Waals surface area (Å²) in [5.41, 5.74) is 1.92. The molecule has 2 aromatic heterocycles. The summed E-state index contributed by atoms with van der Waals surface area (Å²) in [6.07, 6.45) is 5.98. The lowest BCUT2D eigenvalue weighted by atomic mass is 10.2. The van der Waals surface area contributed by atoms with Crippen molar-refractivity contribution < 1.29 is 4.79 Å².